The summed E-state index contributed by atoms with van der Waals surface area (Å²) in [7, 11) is 0. The number of carbonyl (C=O) groups excluding carboxylic acids is 1. The van der Waals surface area contributed by atoms with Gasteiger partial charge in [-0.15, -0.1) is 0 Å². The van der Waals surface area contributed by atoms with Crippen molar-refractivity contribution in [3.05, 3.63) is 64.2 Å². The molecule has 1 aliphatic rings. The monoisotopic (exact) mass is 416 g/mol. The van der Waals surface area contributed by atoms with Crippen LogP contribution >= 0.6 is 11.6 Å². The summed E-state index contributed by atoms with van der Waals surface area (Å²) in [4.78, 5) is 25.8. The normalized spacial score (nSPS) is 16.4. The lowest BCUT2D eigenvalue weighted by Crippen LogP contribution is -2.37. The molecule has 1 aliphatic heterocycles. The standard InChI is InChI=1S/C22H25ClN2O4/c23-19-7-3-2-6-17(19)13-25-14-18-9-8-16(22(27)28)12-20(18)29-11-5-1-4-10-24-21(26)15-25/h2-3,6-9,12H,1,4-5,10-11,13-15H2,(H,24,26)(H,27,28). The van der Waals surface area contributed by atoms with Crippen LogP contribution in [0.5, 0.6) is 5.75 Å². The summed E-state index contributed by atoms with van der Waals surface area (Å²) in [6, 6.07) is 12.4. The van der Waals surface area contributed by atoms with Crippen molar-refractivity contribution < 1.29 is 19.4 Å². The van der Waals surface area contributed by atoms with Crippen LogP contribution < -0.4 is 10.1 Å². The fraction of sp³-hybridized carbons (Fsp3) is 0.364. The van der Waals surface area contributed by atoms with E-state index in [9.17, 15) is 14.7 Å². The van der Waals surface area contributed by atoms with Gasteiger partial charge in [0.1, 0.15) is 5.75 Å². The van der Waals surface area contributed by atoms with E-state index in [0.29, 0.717) is 37.0 Å². The molecular weight excluding hydrogens is 392 g/mol. The van der Waals surface area contributed by atoms with Crippen molar-refractivity contribution in [2.24, 2.45) is 0 Å². The van der Waals surface area contributed by atoms with Gasteiger partial charge in [0, 0.05) is 30.2 Å². The van der Waals surface area contributed by atoms with Crippen LogP contribution in [-0.4, -0.2) is 41.6 Å². The molecule has 6 nitrogen and oxygen atoms in total. The number of aromatic carboxylic acids is 1. The van der Waals surface area contributed by atoms with Crippen LogP contribution in [0, 0.1) is 0 Å². The zero-order chi connectivity index (χ0) is 20.6. The zero-order valence-corrected chi connectivity index (χ0v) is 17.0. The summed E-state index contributed by atoms with van der Waals surface area (Å²) in [5.41, 5.74) is 1.95. The third-order valence-corrected chi connectivity index (χ3v) is 5.20. The first-order valence-corrected chi connectivity index (χ1v) is 10.1. The van der Waals surface area contributed by atoms with E-state index >= 15 is 0 Å². The van der Waals surface area contributed by atoms with Crippen molar-refractivity contribution in [3.63, 3.8) is 0 Å². The van der Waals surface area contributed by atoms with Crippen LogP contribution in [0.25, 0.3) is 0 Å². The van der Waals surface area contributed by atoms with Gasteiger partial charge < -0.3 is 15.2 Å². The van der Waals surface area contributed by atoms with E-state index in [1.807, 2.05) is 29.2 Å². The predicted octanol–water partition coefficient (Wildman–Crippen LogP) is 3.72. The number of fused-ring (bicyclic) bond motifs is 1. The molecule has 0 bridgehead atoms. The Bertz CT molecular complexity index is 872. The fourth-order valence-electron chi connectivity index (χ4n) is 3.30. The molecule has 0 fully saturated rings. The highest BCUT2D eigenvalue weighted by atomic mass is 35.5. The third-order valence-electron chi connectivity index (χ3n) is 4.83. The number of ether oxygens (including phenoxy) is 1. The minimum atomic E-state index is -0.994. The second-order valence-corrected chi connectivity index (χ2v) is 7.53. The van der Waals surface area contributed by atoms with Crippen LogP contribution in [0.15, 0.2) is 42.5 Å². The average molecular weight is 417 g/mol. The molecule has 1 amide bonds. The van der Waals surface area contributed by atoms with Crippen molar-refractivity contribution in [2.45, 2.75) is 32.4 Å². The van der Waals surface area contributed by atoms with Crippen molar-refractivity contribution in [1.29, 1.82) is 0 Å². The molecule has 0 radical (unpaired) electrons. The maximum atomic E-state index is 12.4. The number of rotatable bonds is 3. The van der Waals surface area contributed by atoms with Gasteiger partial charge in [-0.1, -0.05) is 35.9 Å². The second kappa shape index (κ2) is 10.3. The van der Waals surface area contributed by atoms with Gasteiger partial charge >= 0.3 is 5.97 Å². The molecule has 1 heterocycles. The Kier molecular flexibility index (Phi) is 7.49. The highest BCUT2D eigenvalue weighted by molar-refractivity contribution is 6.31. The Hall–Kier alpha value is -2.57. The number of carboxylic acids is 1. The van der Waals surface area contributed by atoms with E-state index in [4.69, 9.17) is 16.3 Å². The quantitative estimate of drug-likeness (QED) is 0.797. The lowest BCUT2D eigenvalue weighted by Gasteiger charge is -2.24. The van der Waals surface area contributed by atoms with Gasteiger partial charge in [0.15, 0.2) is 0 Å². The number of nitrogens with one attached hydrogen (secondary N) is 1. The number of halogens is 1. The molecule has 29 heavy (non-hydrogen) atoms. The maximum absolute atomic E-state index is 12.4. The molecule has 0 spiro atoms. The molecule has 154 valence electrons. The molecule has 0 aromatic heterocycles. The molecule has 2 aromatic carbocycles. The van der Waals surface area contributed by atoms with Gasteiger partial charge in [-0.3, -0.25) is 9.69 Å². The Morgan fingerprint density at radius 3 is 2.76 bits per heavy atom. The number of amides is 1. The van der Waals surface area contributed by atoms with Crippen molar-refractivity contribution in [3.8, 4) is 5.75 Å². The molecule has 0 aliphatic carbocycles. The molecule has 0 unspecified atom stereocenters. The molecule has 2 aromatic rings. The summed E-state index contributed by atoms with van der Waals surface area (Å²) < 4.78 is 5.92. The Morgan fingerprint density at radius 1 is 1.14 bits per heavy atom. The molecule has 2 N–H and O–H groups in total. The van der Waals surface area contributed by atoms with Crippen molar-refractivity contribution >= 4 is 23.5 Å². The Labute approximate surface area is 175 Å². The van der Waals surface area contributed by atoms with Crippen LogP contribution in [0.2, 0.25) is 5.02 Å². The lowest BCUT2D eigenvalue weighted by atomic mass is 10.1. The SMILES string of the molecule is O=C1CN(Cc2ccccc2Cl)Cc2ccc(C(=O)O)cc2OCCCCCN1. The van der Waals surface area contributed by atoms with Gasteiger partial charge in [0.2, 0.25) is 5.91 Å². The summed E-state index contributed by atoms with van der Waals surface area (Å²) in [6.45, 7) is 2.29. The largest absolute Gasteiger partial charge is 0.493 e. The zero-order valence-electron chi connectivity index (χ0n) is 16.2. The molecular formula is C22H25ClN2O4. The van der Waals surface area contributed by atoms with E-state index < -0.39 is 5.97 Å². The molecule has 0 saturated carbocycles. The van der Waals surface area contributed by atoms with Gasteiger partial charge in [-0.2, -0.15) is 0 Å². The number of nitrogens with zero attached hydrogens (tertiary/aromatic N) is 1. The van der Waals surface area contributed by atoms with Gasteiger partial charge in [0.25, 0.3) is 0 Å². The smallest absolute Gasteiger partial charge is 0.335 e. The molecule has 7 heteroatoms. The number of benzene rings is 2. The first-order chi connectivity index (χ1) is 14.0. The predicted molar refractivity (Wildman–Crippen MR) is 111 cm³/mol. The number of carboxylic acid groups (broad SMARTS) is 1. The molecule has 3 rings (SSSR count). The Balaban J connectivity index is 1.89. The van der Waals surface area contributed by atoms with Crippen molar-refractivity contribution in [2.75, 3.05) is 19.7 Å². The lowest BCUT2D eigenvalue weighted by molar-refractivity contribution is -0.122. The summed E-state index contributed by atoms with van der Waals surface area (Å²) in [5.74, 6) is -0.485. The highest BCUT2D eigenvalue weighted by Gasteiger charge is 2.17. The fourth-order valence-corrected chi connectivity index (χ4v) is 3.50. The minimum Gasteiger partial charge on any atom is -0.493 e. The molecule has 0 saturated heterocycles. The third kappa shape index (κ3) is 6.21. The first-order valence-electron chi connectivity index (χ1n) is 9.74. The van der Waals surface area contributed by atoms with Crippen LogP contribution in [0.4, 0.5) is 0 Å². The Morgan fingerprint density at radius 2 is 1.97 bits per heavy atom. The number of carbonyl (C=O) groups is 2. The van der Waals surface area contributed by atoms with E-state index in [1.54, 1.807) is 18.2 Å². The molecule has 0 atom stereocenters. The number of hydrogen-bond donors (Lipinski definition) is 2. The van der Waals surface area contributed by atoms with Crippen LogP contribution in [0.1, 0.15) is 40.7 Å². The highest BCUT2D eigenvalue weighted by Crippen LogP contribution is 2.25. The van der Waals surface area contributed by atoms with Gasteiger partial charge in [-0.05, 0) is 43.0 Å². The van der Waals surface area contributed by atoms with E-state index in [1.165, 1.54) is 0 Å². The van der Waals surface area contributed by atoms with E-state index in [-0.39, 0.29) is 18.0 Å². The first kappa shape index (κ1) is 21.1. The summed E-state index contributed by atoms with van der Waals surface area (Å²) >= 11 is 6.32. The maximum Gasteiger partial charge on any atom is 0.335 e. The van der Waals surface area contributed by atoms with Crippen LogP contribution in [-0.2, 0) is 17.9 Å². The topological polar surface area (TPSA) is 78.9 Å². The van der Waals surface area contributed by atoms with Crippen molar-refractivity contribution in [1.82, 2.24) is 10.2 Å². The second-order valence-electron chi connectivity index (χ2n) is 7.12. The minimum absolute atomic E-state index is 0.0408. The summed E-state index contributed by atoms with van der Waals surface area (Å²) in [5, 5.41) is 12.9. The van der Waals surface area contributed by atoms with E-state index in [2.05, 4.69) is 5.32 Å². The number of hydrogen-bond acceptors (Lipinski definition) is 4. The average Bonchev–Trinajstić information content (AvgIpc) is 2.70. The van der Waals surface area contributed by atoms with Crippen LogP contribution in [0.3, 0.4) is 0 Å². The van der Waals surface area contributed by atoms with Gasteiger partial charge in [-0.25, -0.2) is 4.79 Å². The van der Waals surface area contributed by atoms with E-state index in [0.717, 1.165) is 30.4 Å². The van der Waals surface area contributed by atoms with Gasteiger partial charge in [0.05, 0.1) is 18.7 Å². The summed E-state index contributed by atoms with van der Waals surface area (Å²) in [6.07, 6.45) is 2.65.